The summed E-state index contributed by atoms with van der Waals surface area (Å²) >= 11 is 0. The van der Waals surface area contributed by atoms with Crippen molar-refractivity contribution in [3.05, 3.63) is 69.8 Å². The highest BCUT2D eigenvalue weighted by molar-refractivity contribution is 6.58. The van der Waals surface area contributed by atoms with E-state index < -0.39 is 19.0 Å². The third-order valence-corrected chi connectivity index (χ3v) is 8.71. The van der Waals surface area contributed by atoms with E-state index in [1.165, 1.54) is 27.7 Å². The van der Waals surface area contributed by atoms with Gasteiger partial charge in [0, 0.05) is 5.92 Å². The highest BCUT2D eigenvalue weighted by atomic mass is 16.5. The molecule has 2 aromatic rings. The molecule has 0 saturated carbocycles. The first-order valence-corrected chi connectivity index (χ1v) is 14.2. The van der Waals surface area contributed by atoms with Gasteiger partial charge in [-0.05, 0) is 98.4 Å². The average molecular weight is 543 g/mol. The summed E-state index contributed by atoms with van der Waals surface area (Å²) in [6, 6.07) is 10.3. The van der Waals surface area contributed by atoms with Crippen molar-refractivity contribution in [2.45, 2.75) is 65.9 Å². The van der Waals surface area contributed by atoms with Crippen LogP contribution in [-0.4, -0.2) is 46.8 Å². The molecular formula is C32H38BNO6. The van der Waals surface area contributed by atoms with Gasteiger partial charge in [0.25, 0.3) is 0 Å². The van der Waals surface area contributed by atoms with E-state index in [9.17, 15) is 24.7 Å². The van der Waals surface area contributed by atoms with Gasteiger partial charge in [-0.15, -0.1) is 0 Å². The normalized spacial score (nSPS) is 24.6. The average Bonchev–Trinajstić information content (AvgIpc) is 3.44. The van der Waals surface area contributed by atoms with Gasteiger partial charge in [-0.3, -0.25) is 14.5 Å². The van der Waals surface area contributed by atoms with Gasteiger partial charge in [0.1, 0.15) is 5.75 Å². The number of allylic oxidation sites excluding steroid dienone is 2. The number of aryl methyl sites for hydroxylation is 2. The van der Waals surface area contributed by atoms with Crippen LogP contribution < -0.4 is 10.4 Å². The first-order chi connectivity index (χ1) is 19.1. The summed E-state index contributed by atoms with van der Waals surface area (Å²) in [7, 11) is -1.68. The number of phenols is 1. The molecule has 0 bridgehead atoms. The summed E-state index contributed by atoms with van der Waals surface area (Å²) in [4.78, 5) is 28.6. The smallest absolute Gasteiger partial charge is 0.488 e. The van der Waals surface area contributed by atoms with E-state index in [1.54, 1.807) is 18.2 Å². The Morgan fingerprint density at radius 1 is 1.10 bits per heavy atom. The summed E-state index contributed by atoms with van der Waals surface area (Å²) in [5, 5.41) is 29.3. The molecule has 0 spiro atoms. The molecule has 2 heterocycles. The van der Waals surface area contributed by atoms with Crippen LogP contribution in [0.2, 0.25) is 0 Å². The second-order valence-corrected chi connectivity index (χ2v) is 11.6. The van der Waals surface area contributed by atoms with Gasteiger partial charge < -0.3 is 19.9 Å². The van der Waals surface area contributed by atoms with Gasteiger partial charge in [-0.25, -0.2) is 0 Å². The standard InChI is InChI=1S/C32H38BNO6/c1-5-7-22-15-25-29(32(37)34(31(25)36)24-9-6-8-23(16-24)33(38)39)26-17-40-27(28(22)26)11-10-18(2)12-21-13-19(3)30(35)20(4)14-21/h6,8-9,12-14,16,25-27,29,35,38-39H,5,7,10-11,15,17H2,1-4H3/b18-12+/t25-,26+,27-,29-/m1/s1. The maximum Gasteiger partial charge on any atom is 0.488 e. The van der Waals surface area contributed by atoms with Crippen molar-refractivity contribution in [3.8, 4) is 5.75 Å². The Morgan fingerprint density at radius 3 is 2.50 bits per heavy atom. The highest BCUT2D eigenvalue weighted by Crippen LogP contribution is 2.51. The summed E-state index contributed by atoms with van der Waals surface area (Å²) in [6.45, 7) is 8.48. The van der Waals surface area contributed by atoms with E-state index in [2.05, 4.69) is 19.9 Å². The fourth-order valence-electron chi connectivity index (χ4n) is 6.88. The Balaban J connectivity index is 1.37. The van der Waals surface area contributed by atoms with Gasteiger partial charge in [0.2, 0.25) is 11.8 Å². The van der Waals surface area contributed by atoms with Crippen LogP contribution in [0.5, 0.6) is 5.75 Å². The number of benzene rings is 2. The van der Waals surface area contributed by atoms with Crippen LogP contribution in [0.1, 0.15) is 62.6 Å². The minimum atomic E-state index is -1.68. The number of hydrogen-bond acceptors (Lipinski definition) is 6. The third-order valence-electron chi connectivity index (χ3n) is 8.71. The molecule has 5 rings (SSSR count). The topological polar surface area (TPSA) is 107 Å². The third kappa shape index (κ3) is 5.16. The van der Waals surface area contributed by atoms with Crippen molar-refractivity contribution in [1.29, 1.82) is 0 Å². The van der Waals surface area contributed by atoms with E-state index in [1.807, 2.05) is 26.0 Å². The lowest BCUT2D eigenvalue weighted by Crippen LogP contribution is -2.35. The van der Waals surface area contributed by atoms with Crippen molar-refractivity contribution in [2.24, 2.45) is 17.8 Å². The predicted octanol–water partition coefficient (Wildman–Crippen LogP) is 4.19. The molecule has 2 aliphatic heterocycles. The number of ether oxygens (including phenoxy) is 1. The molecule has 7 nitrogen and oxygen atoms in total. The summed E-state index contributed by atoms with van der Waals surface area (Å²) in [6.07, 6.45) is 6.11. The van der Waals surface area contributed by atoms with E-state index in [0.717, 1.165) is 42.4 Å². The molecule has 3 N–H and O–H groups in total. The van der Waals surface area contributed by atoms with Crippen LogP contribution in [0.4, 0.5) is 5.69 Å². The molecule has 2 aromatic carbocycles. The maximum absolute atomic E-state index is 13.8. The Bertz CT molecular complexity index is 1370. The van der Waals surface area contributed by atoms with Crippen LogP contribution in [0.15, 0.2) is 53.1 Å². The molecule has 40 heavy (non-hydrogen) atoms. The Hall–Kier alpha value is -3.20. The molecule has 210 valence electrons. The van der Waals surface area contributed by atoms with Crippen molar-refractivity contribution in [1.82, 2.24) is 0 Å². The van der Waals surface area contributed by atoms with Gasteiger partial charge in [-0.1, -0.05) is 42.7 Å². The van der Waals surface area contributed by atoms with E-state index >= 15 is 0 Å². The van der Waals surface area contributed by atoms with E-state index in [-0.39, 0.29) is 29.3 Å². The molecule has 0 unspecified atom stereocenters. The number of aromatic hydroxyl groups is 1. The van der Waals surface area contributed by atoms with Crippen LogP contribution >= 0.6 is 0 Å². The Morgan fingerprint density at radius 2 is 1.82 bits per heavy atom. The predicted molar refractivity (Wildman–Crippen MR) is 156 cm³/mol. The lowest BCUT2D eigenvalue weighted by atomic mass is 9.68. The fraction of sp³-hybridized carbons (Fsp3) is 0.438. The maximum atomic E-state index is 13.8. The van der Waals surface area contributed by atoms with E-state index in [4.69, 9.17) is 4.74 Å². The quantitative estimate of drug-likeness (QED) is 0.262. The van der Waals surface area contributed by atoms with Crippen LogP contribution in [0.25, 0.3) is 6.08 Å². The number of rotatable bonds is 8. The second kappa shape index (κ2) is 11.4. The zero-order valence-electron chi connectivity index (χ0n) is 23.7. The Labute approximate surface area is 236 Å². The number of amides is 2. The molecule has 2 fully saturated rings. The molecular weight excluding hydrogens is 505 g/mol. The molecule has 0 radical (unpaired) electrons. The number of fused-ring (bicyclic) bond motifs is 3. The number of carbonyl (C=O) groups is 2. The number of phenolic OH excluding ortho intramolecular Hbond substituents is 1. The van der Waals surface area contributed by atoms with Crippen molar-refractivity contribution in [3.63, 3.8) is 0 Å². The van der Waals surface area contributed by atoms with Gasteiger partial charge >= 0.3 is 7.12 Å². The molecule has 0 aromatic heterocycles. The summed E-state index contributed by atoms with van der Waals surface area (Å²) in [5.41, 5.74) is 7.09. The minimum Gasteiger partial charge on any atom is -0.507 e. The van der Waals surface area contributed by atoms with Gasteiger partial charge in [-0.2, -0.15) is 0 Å². The van der Waals surface area contributed by atoms with Crippen molar-refractivity contribution >= 4 is 36.2 Å². The monoisotopic (exact) mass is 543 g/mol. The minimum absolute atomic E-state index is 0.0797. The number of nitrogens with zero attached hydrogens (tertiary/aromatic N) is 1. The van der Waals surface area contributed by atoms with Gasteiger partial charge in [0.05, 0.1) is 30.2 Å². The zero-order chi connectivity index (χ0) is 28.7. The van der Waals surface area contributed by atoms with Crippen molar-refractivity contribution < 1.29 is 29.5 Å². The molecule has 2 saturated heterocycles. The number of hydrogen-bond donors (Lipinski definition) is 3. The fourth-order valence-corrected chi connectivity index (χ4v) is 6.88. The lowest BCUT2D eigenvalue weighted by molar-refractivity contribution is -0.122. The van der Waals surface area contributed by atoms with Crippen LogP contribution in [0, 0.1) is 31.6 Å². The molecule has 3 aliphatic rings. The van der Waals surface area contributed by atoms with Crippen molar-refractivity contribution in [2.75, 3.05) is 11.5 Å². The highest BCUT2D eigenvalue weighted by Gasteiger charge is 2.57. The molecule has 4 atom stereocenters. The first kappa shape index (κ1) is 28.3. The molecule has 1 aliphatic carbocycles. The number of anilines is 1. The second-order valence-electron chi connectivity index (χ2n) is 11.6. The first-order valence-electron chi connectivity index (χ1n) is 14.2. The summed E-state index contributed by atoms with van der Waals surface area (Å²) < 4.78 is 6.35. The number of carbonyl (C=O) groups excluding carboxylic acids is 2. The van der Waals surface area contributed by atoms with Crippen LogP contribution in [0.3, 0.4) is 0 Å². The zero-order valence-corrected chi connectivity index (χ0v) is 23.7. The summed E-state index contributed by atoms with van der Waals surface area (Å²) in [5.74, 6) is -1.11. The molecule has 2 amide bonds. The van der Waals surface area contributed by atoms with E-state index in [0.29, 0.717) is 24.5 Å². The van der Waals surface area contributed by atoms with Crippen LogP contribution in [-0.2, 0) is 14.3 Å². The SMILES string of the molecule is CCCC1=C2[C@@H](CC/C(C)=C/c3cc(C)c(O)c(C)c3)OC[C@@H]2[C@@H]2C(=O)N(c3cccc(B(O)O)c3)C(=O)[C@@H]2C1. The molecule has 8 heteroatoms. The largest absolute Gasteiger partial charge is 0.507 e. The number of imide groups is 1. The Kier molecular flexibility index (Phi) is 8.04. The lowest BCUT2D eigenvalue weighted by Gasteiger charge is -2.31. The van der Waals surface area contributed by atoms with Gasteiger partial charge in [0.15, 0.2) is 0 Å².